The lowest BCUT2D eigenvalue weighted by Gasteiger charge is -2.40. The van der Waals surface area contributed by atoms with Crippen LogP contribution in [0, 0.1) is 5.41 Å². The fraction of sp³-hybridized carbons (Fsp3) is 0.607. The van der Waals surface area contributed by atoms with Gasteiger partial charge in [0, 0.05) is 45.2 Å². The Balaban J connectivity index is 0.00000320. The standard InChI is InChI=1S/C28H39N5O3.ClH/c1-22(23-5-3-2-4-6-23)17-25(34)32-15-10-28(36,11-16-32)20-33-21-30-24(18-26(33)35)31-13-8-27(9-14-31)7-12-29-19-27;/h2-6,18,21-22,29,36H,7-17,19-20H2,1H3;1H. The summed E-state index contributed by atoms with van der Waals surface area (Å²) in [6.45, 7) is 7.34. The molecule has 1 amide bonds. The van der Waals surface area contributed by atoms with Crippen molar-refractivity contribution in [2.75, 3.05) is 44.2 Å². The van der Waals surface area contributed by atoms with Crippen LogP contribution in [0.15, 0.2) is 47.5 Å². The molecular formula is C28H40ClN5O3. The molecule has 9 heteroatoms. The first-order valence-electron chi connectivity index (χ1n) is 13.4. The van der Waals surface area contributed by atoms with Gasteiger partial charge in [-0.2, -0.15) is 0 Å². The molecule has 3 aliphatic rings. The average molecular weight is 530 g/mol. The number of amides is 1. The quantitative estimate of drug-likeness (QED) is 0.598. The van der Waals surface area contributed by atoms with Crippen molar-refractivity contribution in [1.82, 2.24) is 19.8 Å². The Labute approximate surface area is 225 Å². The minimum absolute atomic E-state index is 0. The van der Waals surface area contributed by atoms with E-state index in [1.807, 2.05) is 23.1 Å². The van der Waals surface area contributed by atoms with E-state index in [1.165, 1.54) is 11.0 Å². The summed E-state index contributed by atoms with van der Waals surface area (Å²) in [5.41, 5.74) is 0.438. The van der Waals surface area contributed by atoms with Crippen molar-refractivity contribution >= 4 is 24.1 Å². The number of carbonyl (C=O) groups is 1. The van der Waals surface area contributed by atoms with Crippen molar-refractivity contribution in [3.63, 3.8) is 0 Å². The maximum absolute atomic E-state index is 12.9. The maximum Gasteiger partial charge on any atom is 0.255 e. The summed E-state index contributed by atoms with van der Waals surface area (Å²) in [5, 5.41) is 14.7. The largest absolute Gasteiger partial charge is 0.388 e. The van der Waals surface area contributed by atoms with Crippen molar-refractivity contribution in [2.24, 2.45) is 5.41 Å². The third kappa shape index (κ3) is 6.36. The number of aliphatic hydroxyl groups is 1. The van der Waals surface area contributed by atoms with Crippen LogP contribution in [0.1, 0.15) is 56.9 Å². The Bertz CT molecular complexity index is 1100. The van der Waals surface area contributed by atoms with Crippen LogP contribution in [0.4, 0.5) is 5.82 Å². The van der Waals surface area contributed by atoms with E-state index in [9.17, 15) is 14.7 Å². The fourth-order valence-electron chi connectivity index (χ4n) is 6.08. The third-order valence-corrected chi connectivity index (χ3v) is 8.71. The van der Waals surface area contributed by atoms with Crippen LogP contribution >= 0.6 is 12.4 Å². The lowest BCUT2D eigenvalue weighted by Crippen LogP contribution is -2.50. The summed E-state index contributed by atoms with van der Waals surface area (Å²) in [6, 6.07) is 11.7. The van der Waals surface area contributed by atoms with Crippen LogP contribution < -0.4 is 15.8 Å². The summed E-state index contributed by atoms with van der Waals surface area (Å²) in [6.07, 6.45) is 6.44. The Morgan fingerprint density at radius 1 is 1.08 bits per heavy atom. The normalized spacial score (nSPS) is 21.5. The highest BCUT2D eigenvalue weighted by molar-refractivity contribution is 5.85. The van der Waals surface area contributed by atoms with Crippen LogP contribution in [0.3, 0.4) is 0 Å². The van der Waals surface area contributed by atoms with Gasteiger partial charge < -0.3 is 20.2 Å². The minimum Gasteiger partial charge on any atom is -0.388 e. The van der Waals surface area contributed by atoms with Crippen LogP contribution in [-0.4, -0.2) is 70.3 Å². The van der Waals surface area contributed by atoms with Gasteiger partial charge in [-0.05, 0) is 55.5 Å². The highest BCUT2D eigenvalue weighted by Gasteiger charge is 2.38. The summed E-state index contributed by atoms with van der Waals surface area (Å²) >= 11 is 0. The molecule has 4 heterocycles. The van der Waals surface area contributed by atoms with E-state index in [0.29, 0.717) is 37.8 Å². The Morgan fingerprint density at radius 2 is 1.78 bits per heavy atom. The molecule has 0 bridgehead atoms. The van der Waals surface area contributed by atoms with E-state index in [0.717, 1.165) is 50.4 Å². The van der Waals surface area contributed by atoms with Gasteiger partial charge in [0.25, 0.3) is 5.56 Å². The van der Waals surface area contributed by atoms with E-state index in [2.05, 4.69) is 34.3 Å². The summed E-state index contributed by atoms with van der Waals surface area (Å²) in [4.78, 5) is 34.4. The van der Waals surface area contributed by atoms with Gasteiger partial charge >= 0.3 is 0 Å². The van der Waals surface area contributed by atoms with E-state index >= 15 is 0 Å². The lowest BCUT2D eigenvalue weighted by molar-refractivity contribution is -0.136. The summed E-state index contributed by atoms with van der Waals surface area (Å²) in [5.74, 6) is 1.01. The predicted octanol–water partition coefficient (Wildman–Crippen LogP) is 2.79. The monoisotopic (exact) mass is 529 g/mol. The second-order valence-corrected chi connectivity index (χ2v) is 11.2. The summed E-state index contributed by atoms with van der Waals surface area (Å²) < 4.78 is 1.52. The topological polar surface area (TPSA) is 90.7 Å². The molecule has 2 aromatic rings. The molecule has 2 N–H and O–H groups in total. The first-order valence-corrected chi connectivity index (χ1v) is 13.4. The molecule has 0 saturated carbocycles. The number of halogens is 1. The zero-order chi connectivity index (χ0) is 25.2. The molecule has 3 saturated heterocycles. The maximum atomic E-state index is 12.9. The molecule has 1 aromatic carbocycles. The number of likely N-dealkylation sites (tertiary alicyclic amines) is 1. The number of benzene rings is 1. The van der Waals surface area contributed by atoms with Crippen LogP contribution in [0.2, 0.25) is 0 Å². The zero-order valence-corrected chi connectivity index (χ0v) is 22.6. The van der Waals surface area contributed by atoms with Gasteiger partial charge in [0.05, 0.1) is 18.5 Å². The van der Waals surface area contributed by atoms with E-state index in [-0.39, 0.29) is 36.3 Å². The Kier molecular flexibility index (Phi) is 8.61. The van der Waals surface area contributed by atoms with Crippen molar-refractivity contribution in [3.8, 4) is 0 Å². The highest BCUT2D eigenvalue weighted by atomic mass is 35.5. The van der Waals surface area contributed by atoms with Gasteiger partial charge in [0.15, 0.2) is 0 Å². The molecule has 5 rings (SSSR count). The van der Waals surface area contributed by atoms with Gasteiger partial charge in [-0.25, -0.2) is 4.98 Å². The van der Waals surface area contributed by atoms with Crippen molar-refractivity contribution < 1.29 is 9.90 Å². The molecular weight excluding hydrogens is 490 g/mol. The van der Waals surface area contributed by atoms with Crippen molar-refractivity contribution in [3.05, 3.63) is 58.6 Å². The SMILES string of the molecule is CC(CC(=O)N1CCC(O)(Cn2cnc(N3CCC4(CCNC4)CC3)cc2=O)CC1)c1ccccc1.Cl. The molecule has 1 unspecified atom stereocenters. The molecule has 1 spiro atoms. The first kappa shape index (κ1) is 27.6. The number of nitrogens with one attached hydrogen (secondary N) is 1. The average Bonchev–Trinajstić information content (AvgIpc) is 3.34. The molecule has 1 atom stereocenters. The number of piperidine rings is 2. The van der Waals surface area contributed by atoms with Gasteiger partial charge in [-0.15, -0.1) is 12.4 Å². The molecule has 1 aromatic heterocycles. The lowest BCUT2D eigenvalue weighted by atomic mass is 9.78. The molecule has 0 radical (unpaired) electrons. The Morgan fingerprint density at radius 3 is 2.41 bits per heavy atom. The zero-order valence-electron chi connectivity index (χ0n) is 21.8. The van der Waals surface area contributed by atoms with Gasteiger partial charge in [0.1, 0.15) is 5.82 Å². The number of carbonyl (C=O) groups excluding carboxylic acids is 1. The van der Waals surface area contributed by atoms with Gasteiger partial charge in [-0.3, -0.25) is 14.2 Å². The second-order valence-electron chi connectivity index (χ2n) is 11.2. The van der Waals surface area contributed by atoms with E-state index in [1.54, 1.807) is 12.4 Å². The smallest absolute Gasteiger partial charge is 0.255 e. The number of rotatable bonds is 6. The number of aromatic nitrogens is 2. The Hall–Kier alpha value is -2.42. The van der Waals surface area contributed by atoms with Crippen LogP contribution in [0.5, 0.6) is 0 Å². The van der Waals surface area contributed by atoms with Crippen molar-refractivity contribution in [2.45, 2.75) is 63.5 Å². The van der Waals surface area contributed by atoms with E-state index < -0.39 is 5.60 Å². The van der Waals surface area contributed by atoms with Gasteiger partial charge in [-0.1, -0.05) is 37.3 Å². The summed E-state index contributed by atoms with van der Waals surface area (Å²) in [7, 11) is 0. The molecule has 8 nitrogen and oxygen atoms in total. The molecule has 3 fully saturated rings. The number of hydrogen-bond acceptors (Lipinski definition) is 6. The molecule has 37 heavy (non-hydrogen) atoms. The molecule has 3 aliphatic heterocycles. The molecule has 202 valence electrons. The number of nitrogens with zero attached hydrogens (tertiary/aromatic N) is 4. The van der Waals surface area contributed by atoms with Crippen molar-refractivity contribution in [1.29, 1.82) is 0 Å². The molecule has 0 aliphatic carbocycles. The predicted molar refractivity (Wildman–Crippen MR) is 147 cm³/mol. The third-order valence-electron chi connectivity index (χ3n) is 8.71. The first-order chi connectivity index (χ1) is 17.3. The minimum atomic E-state index is -1.01. The van der Waals surface area contributed by atoms with E-state index in [4.69, 9.17) is 0 Å². The second kappa shape index (κ2) is 11.5. The van der Waals surface area contributed by atoms with Crippen LogP contribution in [-0.2, 0) is 11.3 Å². The van der Waals surface area contributed by atoms with Gasteiger partial charge in [0.2, 0.25) is 5.91 Å². The fourth-order valence-corrected chi connectivity index (χ4v) is 6.08. The van der Waals surface area contributed by atoms with Crippen LogP contribution in [0.25, 0.3) is 0 Å². The number of hydrogen-bond donors (Lipinski definition) is 2. The number of anilines is 1. The highest BCUT2D eigenvalue weighted by Crippen LogP contribution is 2.37.